The molecule has 0 saturated heterocycles. The minimum Gasteiger partial charge on any atom is -0.360 e. The first kappa shape index (κ1) is 11.6. The maximum Gasteiger partial charge on any atom is 0.287 e. The number of hydrazine groups is 1. The average Bonchev–Trinajstić information content (AvgIpc) is 2.94. The summed E-state index contributed by atoms with van der Waals surface area (Å²) in [5.74, 6) is 6.27. The molecular weight excluding hydrogens is 244 g/mol. The number of nitrogens with zero attached hydrogens (tertiary/aromatic N) is 3. The monoisotopic (exact) mass is 254 g/mol. The van der Waals surface area contributed by atoms with Crippen LogP contribution in [0, 0.1) is 6.92 Å². The molecule has 0 atom stereocenters. The van der Waals surface area contributed by atoms with E-state index in [2.05, 4.69) is 20.3 Å². The number of H-pyrrole nitrogens is 1. The van der Waals surface area contributed by atoms with Gasteiger partial charge in [0, 0.05) is 6.07 Å². The number of aryl methyl sites for hydroxylation is 1. The van der Waals surface area contributed by atoms with Crippen molar-refractivity contribution in [3.63, 3.8) is 0 Å². The minimum absolute atomic E-state index is 0.147. The molecule has 2 aromatic heterocycles. The molecule has 0 aliphatic carbocycles. The summed E-state index contributed by atoms with van der Waals surface area (Å²) in [4.78, 5) is 15.2. The number of carbonyl (C=O) groups excluding carboxylic acids is 1. The third-order valence-corrected chi connectivity index (χ3v) is 2.71. The molecule has 8 nitrogen and oxygen atoms in total. The summed E-state index contributed by atoms with van der Waals surface area (Å²) in [6.07, 6.45) is 0. The number of aromatic amines is 1. The number of carbonyl (C=O) groups is 1. The molecule has 90 valence electrons. The maximum absolute atomic E-state index is 11.1. The first-order valence-electron chi connectivity index (χ1n) is 4.67. The number of nitrogens with two attached hydrogens (primary N) is 1. The van der Waals surface area contributed by atoms with Crippen LogP contribution in [0.1, 0.15) is 22.1 Å². The van der Waals surface area contributed by atoms with Crippen molar-refractivity contribution in [1.82, 2.24) is 25.8 Å². The fraction of sp³-hybridized carbons (Fsp3) is 0.250. The molecule has 17 heavy (non-hydrogen) atoms. The Labute approximate surface area is 100 Å². The Hall–Kier alpha value is -1.87. The summed E-state index contributed by atoms with van der Waals surface area (Å²) < 4.78 is 4.96. The fourth-order valence-electron chi connectivity index (χ4n) is 1.08. The van der Waals surface area contributed by atoms with Crippen LogP contribution in [-0.2, 0) is 5.75 Å². The van der Waals surface area contributed by atoms with Crippen LogP contribution in [0.3, 0.4) is 0 Å². The SMILES string of the molecule is Cc1nc(SCc2cc(C(=O)NN)no2)n[nH]1. The second-order valence-electron chi connectivity index (χ2n) is 3.14. The van der Waals surface area contributed by atoms with Gasteiger partial charge in [-0.15, -0.1) is 5.10 Å². The Balaban J connectivity index is 1.95. The van der Waals surface area contributed by atoms with Crippen molar-refractivity contribution in [2.45, 2.75) is 17.8 Å². The van der Waals surface area contributed by atoms with Crippen molar-refractivity contribution < 1.29 is 9.32 Å². The van der Waals surface area contributed by atoms with E-state index in [4.69, 9.17) is 10.4 Å². The van der Waals surface area contributed by atoms with E-state index in [1.54, 1.807) is 0 Å². The zero-order chi connectivity index (χ0) is 12.3. The number of amides is 1. The molecule has 0 unspecified atom stereocenters. The quantitative estimate of drug-likeness (QED) is 0.303. The maximum atomic E-state index is 11.1. The lowest BCUT2D eigenvalue weighted by Gasteiger charge is -1.90. The third-order valence-electron chi connectivity index (χ3n) is 1.84. The molecule has 1 amide bonds. The minimum atomic E-state index is -0.487. The highest BCUT2D eigenvalue weighted by molar-refractivity contribution is 7.98. The molecule has 0 aliphatic heterocycles. The highest BCUT2D eigenvalue weighted by Gasteiger charge is 2.12. The van der Waals surface area contributed by atoms with Gasteiger partial charge < -0.3 is 4.52 Å². The molecule has 0 saturated carbocycles. The van der Waals surface area contributed by atoms with Crippen LogP contribution in [0.5, 0.6) is 0 Å². The van der Waals surface area contributed by atoms with E-state index >= 15 is 0 Å². The highest BCUT2D eigenvalue weighted by Crippen LogP contribution is 2.19. The first-order valence-corrected chi connectivity index (χ1v) is 5.66. The molecular formula is C8H10N6O2S. The van der Waals surface area contributed by atoms with Gasteiger partial charge in [0.15, 0.2) is 5.69 Å². The number of aromatic nitrogens is 4. The van der Waals surface area contributed by atoms with Gasteiger partial charge in [0.05, 0.1) is 5.75 Å². The molecule has 0 fully saturated rings. The summed E-state index contributed by atoms with van der Waals surface area (Å²) in [5.41, 5.74) is 2.12. The molecule has 0 aromatic carbocycles. The van der Waals surface area contributed by atoms with Gasteiger partial charge >= 0.3 is 0 Å². The van der Waals surface area contributed by atoms with E-state index in [-0.39, 0.29) is 5.69 Å². The van der Waals surface area contributed by atoms with Crippen molar-refractivity contribution in [1.29, 1.82) is 0 Å². The first-order chi connectivity index (χ1) is 8.19. The van der Waals surface area contributed by atoms with Gasteiger partial charge in [0.25, 0.3) is 5.91 Å². The fourth-order valence-corrected chi connectivity index (χ4v) is 1.80. The van der Waals surface area contributed by atoms with Gasteiger partial charge in [-0.05, 0) is 6.92 Å². The summed E-state index contributed by atoms with van der Waals surface area (Å²) in [6, 6.07) is 1.52. The van der Waals surface area contributed by atoms with E-state index in [0.29, 0.717) is 16.7 Å². The topological polar surface area (TPSA) is 123 Å². The van der Waals surface area contributed by atoms with E-state index < -0.39 is 5.91 Å². The van der Waals surface area contributed by atoms with E-state index in [1.165, 1.54) is 17.8 Å². The normalized spacial score (nSPS) is 10.5. The number of rotatable bonds is 4. The molecule has 4 N–H and O–H groups in total. The van der Waals surface area contributed by atoms with E-state index in [0.717, 1.165) is 5.82 Å². The Bertz CT molecular complexity index is 522. The number of nitrogens with one attached hydrogen (secondary N) is 2. The number of thioether (sulfide) groups is 1. The third kappa shape index (κ3) is 2.82. The summed E-state index contributed by atoms with van der Waals surface area (Å²) in [5, 5.41) is 10.9. The molecule has 0 bridgehead atoms. The summed E-state index contributed by atoms with van der Waals surface area (Å²) in [6.45, 7) is 1.81. The van der Waals surface area contributed by atoms with Crippen LogP contribution in [0.2, 0.25) is 0 Å². The van der Waals surface area contributed by atoms with Crippen LogP contribution in [0.25, 0.3) is 0 Å². The highest BCUT2D eigenvalue weighted by atomic mass is 32.2. The Morgan fingerprint density at radius 3 is 3.18 bits per heavy atom. The lowest BCUT2D eigenvalue weighted by Crippen LogP contribution is -2.30. The largest absolute Gasteiger partial charge is 0.360 e. The van der Waals surface area contributed by atoms with Crippen molar-refractivity contribution in [2.24, 2.45) is 5.84 Å². The van der Waals surface area contributed by atoms with Crippen LogP contribution in [0.15, 0.2) is 15.7 Å². The Morgan fingerprint density at radius 1 is 1.71 bits per heavy atom. The van der Waals surface area contributed by atoms with Crippen LogP contribution in [0.4, 0.5) is 0 Å². The van der Waals surface area contributed by atoms with Gasteiger partial charge in [-0.1, -0.05) is 16.9 Å². The molecule has 9 heteroatoms. The van der Waals surface area contributed by atoms with Gasteiger partial charge in [-0.25, -0.2) is 10.8 Å². The van der Waals surface area contributed by atoms with Crippen molar-refractivity contribution >= 4 is 17.7 Å². The second-order valence-corrected chi connectivity index (χ2v) is 4.09. The zero-order valence-corrected chi connectivity index (χ0v) is 9.74. The van der Waals surface area contributed by atoms with Gasteiger partial charge in [0.1, 0.15) is 11.6 Å². The van der Waals surface area contributed by atoms with Crippen LogP contribution < -0.4 is 11.3 Å². The average molecular weight is 254 g/mol. The number of hydrogen-bond acceptors (Lipinski definition) is 7. The van der Waals surface area contributed by atoms with Crippen LogP contribution >= 0.6 is 11.8 Å². The molecule has 0 radical (unpaired) electrons. The molecule has 0 spiro atoms. The summed E-state index contributed by atoms with van der Waals surface area (Å²) >= 11 is 1.38. The van der Waals surface area contributed by atoms with Crippen molar-refractivity contribution in [3.8, 4) is 0 Å². The van der Waals surface area contributed by atoms with Gasteiger partial charge in [0.2, 0.25) is 5.16 Å². The molecule has 2 aromatic rings. The summed E-state index contributed by atoms with van der Waals surface area (Å²) in [7, 11) is 0. The Kier molecular flexibility index (Phi) is 3.40. The number of hydrogen-bond donors (Lipinski definition) is 3. The molecule has 2 rings (SSSR count). The van der Waals surface area contributed by atoms with Crippen molar-refractivity contribution in [3.05, 3.63) is 23.3 Å². The lowest BCUT2D eigenvalue weighted by atomic mass is 10.4. The second kappa shape index (κ2) is 4.97. The van der Waals surface area contributed by atoms with Crippen LogP contribution in [-0.4, -0.2) is 26.2 Å². The van der Waals surface area contributed by atoms with Gasteiger partial charge in [-0.3, -0.25) is 15.3 Å². The smallest absolute Gasteiger partial charge is 0.287 e. The van der Waals surface area contributed by atoms with E-state index in [1.807, 2.05) is 12.3 Å². The van der Waals surface area contributed by atoms with Crippen molar-refractivity contribution in [2.75, 3.05) is 0 Å². The zero-order valence-electron chi connectivity index (χ0n) is 8.93. The molecule has 0 aliphatic rings. The Morgan fingerprint density at radius 2 is 2.53 bits per heavy atom. The van der Waals surface area contributed by atoms with Gasteiger partial charge in [-0.2, -0.15) is 0 Å². The molecule has 2 heterocycles. The van der Waals surface area contributed by atoms with E-state index in [9.17, 15) is 4.79 Å². The predicted octanol–water partition coefficient (Wildman–Crippen LogP) is -0.00308. The number of nitrogen functional groups attached to an aromatic ring is 1. The lowest BCUT2D eigenvalue weighted by molar-refractivity contribution is 0.0944. The standard InChI is InChI=1S/C8H10N6O2S/c1-4-10-8(13-12-4)17-3-5-2-6(14-16-5)7(15)11-9/h2H,3,9H2,1H3,(H,11,15)(H,10,12,13). The predicted molar refractivity (Wildman–Crippen MR) is 58.8 cm³/mol.